The maximum atomic E-state index is 5.99. The number of halogens is 2. The summed E-state index contributed by atoms with van der Waals surface area (Å²) in [6, 6.07) is 5.79. The SMILES string of the molecule is COCCCCCn1c(CCl)nc2cc(Cl)ccc21. The predicted octanol–water partition coefficient (Wildman–Crippen LogP) is 4.25. The summed E-state index contributed by atoms with van der Waals surface area (Å²) in [5, 5.41) is 0.707. The zero-order chi connectivity index (χ0) is 13.7. The molecule has 0 aliphatic heterocycles. The average Bonchev–Trinajstić information content (AvgIpc) is 2.75. The van der Waals surface area contributed by atoms with E-state index in [4.69, 9.17) is 27.9 Å². The zero-order valence-corrected chi connectivity index (χ0v) is 12.5. The van der Waals surface area contributed by atoms with Gasteiger partial charge in [-0.15, -0.1) is 11.6 Å². The van der Waals surface area contributed by atoms with Gasteiger partial charge in [-0.05, 0) is 37.5 Å². The average molecular weight is 301 g/mol. The second kappa shape index (κ2) is 7.13. The van der Waals surface area contributed by atoms with Crippen LogP contribution in [0.15, 0.2) is 18.2 Å². The van der Waals surface area contributed by atoms with Crippen LogP contribution in [0.3, 0.4) is 0 Å². The molecular formula is C14H18Cl2N2O. The Morgan fingerprint density at radius 2 is 2.11 bits per heavy atom. The summed E-state index contributed by atoms with van der Waals surface area (Å²) >= 11 is 12.0. The van der Waals surface area contributed by atoms with Crippen LogP contribution < -0.4 is 0 Å². The molecule has 1 aromatic heterocycles. The van der Waals surface area contributed by atoms with Crippen LogP contribution in [0.5, 0.6) is 0 Å². The van der Waals surface area contributed by atoms with Crippen LogP contribution in [-0.4, -0.2) is 23.3 Å². The Hall–Kier alpha value is -0.770. The second-order valence-corrected chi connectivity index (χ2v) is 5.20. The molecule has 5 heteroatoms. The fourth-order valence-corrected chi connectivity index (χ4v) is 2.57. The molecule has 19 heavy (non-hydrogen) atoms. The molecule has 0 unspecified atom stereocenters. The van der Waals surface area contributed by atoms with E-state index in [1.54, 1.807) is 7.11 Å². The van der Waals surface area contributed by atoms with Crippen molar-refractivity contribution in [3.05, 3.63) is 29.0 Å². The van der Waals surface area contributed by atoms with E-state index in [0.717, 1.165) is 49.3 Å². The van der Waals surface area contributed by atoms with E-state index in [1.165, 1.54) is 0 Å². The molecule has 0 fully saturated rings. The highest BCUT2D eigenvalue weighted by Crippen LogP contribution is 2.22. The number of alkyl halides is 1. The number of benzene rings is 1. The summed E-state index contributed by atoms with van der Waals surface area (Å²) in [6.07, 6.45) is 3.33. The van der Waals surface area contributed by atoms with E-state index < -0.39 is 0 Å². The third-order valence-corrected chi connectivity index (χ3v) is 3.61. The smallest absolute Gasteiger partial charge is 0.124 e. The lowest BCUT2D eigenvalue weighted by Crippen LogP contribution is -2.03. The molecule has 1 aromatic carbocycles. The Labute approximate surface area is 123 Å². The Bertz CT molecular complexity index is 539. The number of fused-ring (bicyclic) bond motifs is 1. The number of methoxy groups -OCH3 is 1. The molecule has 2 aromatic rings. The lowest BCUT2D eigenvalue weighted by Gasteiger charge is -2.07. The molecule has 104 valence electrons. The molecule has 0 aliphatic rings. The van der Waals surface area contributed by atoms with E-state index in [-0.39, 0.29) is 0 Å². The van der Waals surface area contributed by atoms with Crippen molar-refractivity contribution in [2.24, 2.45) is 0 Å². The van der Waals surface area contributed by atoms with E-state index in [0.29, 0.717) is 10.9 Å². The van der Waals surface area contributed by atoms with Crippen molar-refractivity contribution < 1.29 is 4.74 Å². The Kier molecular flexibility index (Phi) is 5.49. The summed E-state index contributed by atoms with van der Waals surface area (Å²) in [6.45, 7) is 1.76. The Morgan fingerprint density at radius 3 is 2.84 bits per heavy atom. The third-order valence-electron chi connectivity index (χ3n) is 3.14. The van der Waals surface area contributed by atoms with Crippen molar-refractivity contribution in [1.82, 2.24) is 9.55 Å². The van der Waals surface area contributed by atoms with Crippen molar-refractivity contribution >= 4 is 34.2 Å². The maximum absolute atomic E-state index is 5.99. The van der Waals surface area contributed by atoms with Crippen LogP contribution in [-0.2, 0) is 17.2 Å². The summed E-state index contributed by atoms with van der Waals surface area (Å²) in [7, 11) is 1.73. The molecule has 3 nitrogen and oxygen atoms in total. The highest BCUT2D eigenvalue weighted by Gasteiger charge is 2.09. The molecule has 0 aliphatic carbocycles. The number of unbranched alkanes of at least 4 members (excludes halogenated alkanes) is 2. The number of aromatic nitrogens is 2. The molecule has 0 bridgehead atoms. The molecule has 0 amide bonds. The lowest BCUT2D eigenvalue weighted by atomic mass is 10.2. The number of hydrogen-bond donors (Lipinski definition) is 0. The quantitative estimate of drug-likeness (QED) is 0.565. The fraction of sp³-hybridized carbons (Fsp3) is 0.500. The first-order valence-electron chi connectivity index (χ1n) is 6.46. The summed E-state index contributed by atoms with van der Waals surface area (Å²) in [5.41, 5.74) is 2.02. The number of aryl methyl sites for hydroxylation is 1. The minimum absolute atomic E-state index is 0.421. The van der Waals surface area contributed by atoms with Gasteiger partial charge in [-0.3, -0.25) is 0 Å². The molecular weight excluding hydrogens is 283 g/mol. The molecule has 2 rings (SSSR count). The molecule has 1 heterocycles. The van der Waals surface area contributed by atoms with Gasteiger partial charge in [-0.25, -0.2) is 4.98 Å². The minimum atomic E-state index is 0.421. The van der Waals surface area contributed by atoms with Gasteiger partial charge < -0.3 is 9.30 Å². The first-order chi connectivity index (χ1) is 9.26. The summed E-state index contributed by atoms with van der Waals surface area (Å²) in [4.78, 5) is 4.53. The van der Waals surface area contributed by atoms with E-state index in [1.807, 2.05) is 18.2 Å². The van der Waals surface area contributed by atoms with Crippen molar-refractivity contribution in [3.63, 3.8) is 0 Å². The number of nitrogens with zero attached hydrogens (tertiary/aromatic N) is 2. The lowest BCUT2D eigenvalue weighted by molar-refractivity contribution is 0.191. The summed E-state index contributed by atoms with van der Waals surface area (Å²) < 4.78 is 7.24. The normalized spacial score (nSPS) is 11.3. The van der Waals surface area contributed by atoms with Crippen molar-refractivity contribution in [3.8, 4) is 0 Å². The highest BCUT2D eigenvalue weighted by molar-refractivity contribution is 6.31. The second-order valence-electron chi connectivity index (χ2n) is 4.50. The van der Waals surface area contributed by atoms with Gasteiger partial charge >= 0.3 is 0 Å². The molecule has 0 saturated heterocycles. The number of rotatable bonds is 7. The Balaban J connectivity index is 2.11. The van der Waals surface area contributed by atoms with Crippen LogP contribution in [0.25, 0.3) is 11.0 Å². The fourth-order valence-electron chi connectivity index (χ4n) is 2.20. The van der Waals surface area contributed by atoms with E-state index in [9.17, 15) is 0 Å². The number of ether oxygens (including phenoxy) is 1. The maximum Gasteiger partial charge on any atom is 0.124 e. The molecule has 0 radical (unpaired) electrons. The van der Waals surface area contributed by atoms with Gasteiger partial charge in [-0.2, -0.15) is 0 Å². The standard InChI is InChI=1S/C14H18Cl2N2O/c1-19-8-4-2-3-7-18-13-6-5-11(16)9-12(13)17-14(18)10-15/h5-6,9H,2-4,7-8,10H2,1H3. The van der Waals surface area contributed by atoms with Gasteiger partial charge in [-0.1, -0.05) is 11.6 Å². The van der Waals surface area contributed by atoms with Crippen LogP contribution in [0, 0.1) is 0 Å². The topological polar surface area (TPSA) is 27.1 Å². The molecule has 0 spiro atoms. The zero-order valence-electron chi connectivity index (χ0n) is 11.0. The van der Waals surface area contributed by atoms with Crippen LogP contribution in [0.1, 0.15) is 25.1 Å². The Morgan fingerprint density at radius 1 is 1.26 bits per heavy atom. The monoisotopic (exact) mass is 300 g/mol. The van der Waals surface area contributed by atoms with Crippen molar-refractivity contribution in [2.45, 2.75) is 31.7 Å². The molecule has 0 saturated carbocycles. The highest BCUT2D eigenvalue weighted by atomic mass is 35.5. The minimum Gasteiger partial charge on any atom is -0.385 e. The van der Waals surface area contributed by atoms with Gasteiger partial charge in [0.1, 0.15) is 5.82 Å². The van der Waals surface area contributed by atoms with Crippen LogP contribution >= 0.6 is 23.2 Å². The third kappa shape index (κ3) is 3.62. The molecule has 0 N–H and O–H groups in total. The van der Waals surface area contributed by atoms with Crippen molar-refractivity contribution in [2.75, 3.05) is 13.7 Å². The predicted molar refractivity (Wildman–Crippen MR) is 80.0 cm³/mol. The van der Waals surface area contributed by atoms with Gasteiger partial charge in [0.05, 0.1) is 16.9 Å². The van der Waals surface area contributed by atoms with Crippen LogP contribution in [0.2, 0.25) is 5.02 Å². The van der Waals surface area contributed by atoms with E-state index >= 15 is 0 Å². The van der Waals surface area contributed by atoms with Crippen LogP contribution in [0.4, 0.5) is 0 Å². The van der Waals surface area contributed by atoms with Gasteiger partial charge in [0.2, 0.25) is 0 Å². The first kappa shape index (κ1) is 14.6. The van der Waals surface area contributed by atoms with Gasteiger partial charge in [0.25, 0.3) is 0 Å². The first-order valence-corrected chi connectivity index (χ1v) is 7.37. The van der Waals surface area contributed by atoms with E-state index in [2.05, 4.69) is 9.55 Å². The van der Waals surface area contributed by atoms with Gasteiger partial charge in [0.15, 0.2) is 0 Å². The number of imidazole rings is 1. The molecule has 0 atom stereocenters. The van der Waals surface area contributed by atoms with Crippen molar-refractivity contribution in [1.29, 1.82) is 0 Å². The summed E-state index contributed by atoms with van der Waals surface area (Å²) in [5.74, 6) is 1.33. The largest absolute Gasteiger partial charge is 0.385 e. The van der Waals surface area contributed by atoms with Gasteiger partial charge in [0, 0.05) is 25.3 Å². The number of hydrogen-bond acceptors (Lipinski definition) is 2.